The third-order valence-corrected chi connectivity index (χ3v) is 4.87. The van der Waals surface area contributed by atoms with Gasteiger partial charge >= 0.3 is 6.03 Å². The second-order valence-electron chi connectivity index (χ2n) is 6.54. The highest BCUT2D eigenvalue weighted by Crippen LogP contribution is 2.21. The van der Waals surface area contributed by atoms with Crippen molar-refractivity contribution in [1.29, 1.82) is 0 Å². The zero-order valence-corrected chi connectivity index (χ0v) is 13.5. The Labute approximate surface area is 132 Å². The second kappa shape index (κ2) is 7.18. The third-order valence-electron chi connectivity index (χ3n) is 4.87. The predicted octanol–water partition coefficient (Wildman–Crippen LogP) is 3.00. The molecule has 1 aromatic heterocycles. The molecule has 2 aliphatic heterocycles. The van der Waals surface area contributed by atoms with Crippen molar-refractivity contribution in [2.75, 3.05) is 26.2 Å². The molecule has 0 aromatic carbocycles. The summed E-state index contributed by atoms with van der Waals surface area (Å²) in [6.45, 7) is 6.24. The van der Waals surface area contributed by atoms with E-state index in [-0.39, 0.29) is 12.1 Å². The molecule has 2 saturated heterocycles. The van der Waals surface area contributed by atoms with Gasteiger partial charge in [-0.2, -0.15) is 0 Å². The minimum atomic E-state index is -0.0845. The molecule has 2 atom stereocenters. The Morgan fingerprint density at radius 2 is 2.14 bits per heavy atom. The summed E-state index contributed by atoms with van der Waals surface area (Å²) in [7, 11) is 0. The minimum absolute atomic E-state index is 0.0448. The Bertz CT molecular complexity index is 468. The fraction of sp³-hybridized carbons (Fsp3) is 0.706. The number of amides is 2. The Kier molecular flexibility index (Phi) is 5.03. The number of hydrogen-bond donors (Lipinski definition) is 1. The Hall–Kier alpha value is -1.49. The van der Waals surface area contributed by atoms with Gasteiger partial charge in [0.1, 0.15) is 5.76 Å². The number of carbonyl (C=O) groups excluding carboxylic acids is 1. The van der Waals surface area contributed by atoms with Crippen molar-refractivity contribution in [3.63, 3.8) is 0 Å². The number of furan rings is 1. The van der Waals surface area contributed by atoms with E-state index in [9.17, 15) is 4.79 Å². The van der Waals surface area contributed by atoms with E-state index in [1.165, 1.54) is 32.4 Å². The molecule has 2 aliphatic rings. The molecule has 22 heavy (non-hydrogen) atoms. The maximum Gasteiger partial charge on any atom is 0.318 e. The smallest absolute Gasteiger partial charge is 0.318 e. The molecule has 2 amide bonds. The number of urea groups is 1. The van der Waals surface area contributed by atoms with Crippen molar-refractivity contribution in [2.45, 2.75) is 51.1 Å². The predicted molar refractivity (Wildman–Crippen MR) is 85.7 cm³/mol. The first-order chi connectivity index (χ1) is 10.7. The molecular weight excluding hydrogens is 278 g/mol. The quantitative estimate of drug-likeness (QED) is 0.930. The van der Waals surface area contributed by atoms with Gasteiger partial charge in [0.2, 0.25) is 0 Å². The van der Waals surface area contributed by atoms with Crippen molar-refractivity contribution in [2.24, 2.45) is 0 Å². The molecule has 3 rings (SSSR count). The molecule has 1 aromatic rings. The molecule has 0 spiro atoms. The first-order valence-electron chi connectivity index (χ1n) is 8.57. The molecule has 2 fully saturated rings. The lowest BCUT2D eigenvalue weighted by Gasteiger charge is -2.33. The Morgan fingerprint density at radius 1 is 1.32 bits per heavy atom. The van der Waals surface area contributed by atoms with Crippen LogP contribution in [-0.4, -0.2) is 48.1 Å². The number of nitrogens with one attached hydrogen (secondary N) is 1. The summed E-state index contributed by atoms with van der Waals surface area (Å²) in [6.07, 6.45) is 7.84. The number of piperidine rings is 1. The Balaban J connectivity index is 1.54. The third kappa shape index (κ3) is 3.64. The topological polar surface area (TPSA) is 48.7 Å². The number of carbonyl (C=O) groups is 1. The highest BCUT2D eigenvalue weighted by molar-refractivity contribution is 5.75. The zero-order chi connectivity index (χ0) is 15.4. The molecule has 3 heterocycles. The number of rotatable bonds is 4. The van der Waals surface area contributed by atoms with Crippen molar-refractivity contribution >= 4 is 6.03 Å². The SMILES string of the molecule is CC(NC(=O)N1CCCC1CN1CCCCC1)c1ccco1. The highest BCUT2D eigenvalue weighted by atomic mass is 16.3. The van der Waals surface area contributed by atoms with E-state index < -0.39 is 0 Å². The van der Waals surface area contributed by atoms with Gasteiger partial charge in [0.25, 0.3) is 0 Å². The molecule has 0 bridgehead atoms. The van der Waals surface area contributed by atoms with E-state index in [2.05, 4.69) is 10.2 Å². The van der Waals surface area contributed by atoms with Gasteiger partial charge in [-0.25, -0.2) is 4.79 Å². The number of hydrogen-bond acceptors (Lipinski definition) is 3. The molecule has 0 radical (unpaired) electrons. The highest BCUT2D eigenvalue weighted by Gasteiger charge is 2.31. The summed E-state index contributed by atoms with van der Waals surface area (Å²) in [5.41, 5.74) is 0. The summed E-state index contributed by atoms with van der Waals surface area (Å²) in [6, 6.07) is 4.08. The van der Waals surface area contributed by atoms with Crippen LogP contribution >= 0.6 is 0 Å². The minimum Gasteiger partial charge on any atom is -0.467 e. The lowest BCUT2D eigenvalue weighted by molar-refractivity contribution is 0.151. The van der Waals surface area contributed by atoms with Gasteiger partial charge in [-0.05, 0) is 57.8 Å². The first-order valence-corrected chi connectivity index (χ1v) is 8.57. The van der Waals surface area contributed by atoms with Crippen LogP contribution in [0.5, 0.6) is 0 Å². The van der Waals surface area contributed by atoms with E-state index >= 15 is 0 Å². The summed E-state index contributed by atoms with van der Waals surface area (Å²) in [5.74, 6) is 0.806. The van der Waals surface area contributed by atoms with Gasteiger partial charge in [0, 0.05) is 19.1 Å². The monoisotopic (exact) mass is 305 g/mol. The van der Waals surface area contributed by atoms with Crippen LogP contribution in [0.1, 0.15) is 50.8 Å². The van der Waals surface area contributed by atoms with Crippen LogP contribution < -0.4 is 5.32 Å². The fourth-order valence-electron chi connectivity index (χ4n) is 3.61. The van der Waals surface area contributed by atoms with Crippen LogP contribution in [0, 0.1) is 0 Å². The van der Waals surface area contributed by atoms with Crippen molar-refractivity contribution in [3.8, 4) is 0 Å². The van der Waals surface area contributed by atoms with Crippen LogP contribution in [-0.2, 0) is 0 Å². The van der Waals surface area contributed by atoms with E-state index in [0.717, 1.165) is 31.7 Å². The molecule has 0 aliphatic carbocycles. The van der Waals surface area contributed by atoms with Gasteiger partial charge in [0.15, 0.2) is 0 Å². The van der Waals surface area contributed by atoms with Crippen LogP contribution in [0.25, 0.3) is 0 Å². The lowest BCUT2D eigenvalue weighted by atomic mass is 10.1. The van der Waals surface area contributed by atoms with Crippen molar-refractivity contribution < 1.29 is 9.21 Å². The second-order valence-corrected chi connectivity index (χ2v) is 6.54. The summed E-state index contributed by atoms with van der Waals surface area (Å²) in [5, 5.41) is 3.07. The van der Waals surface area contributed by atoms with Gasteiger partial charge in [-0.15, -0.1) is 0 Å². The number of likely N-dealkylation sites (tertiary alicyclic amines) is 2. The normalized spacial score (nSPS) is 24.4. The van der Waals surface area contributed by atoms with E-state index in [0.29, 0.717) is 6.04 Å². The van der Waals surface area contributed by atoms with Crippen molar-refractivity contribution in [3.05, 3.63) is 24.2 Å². The molecule has 5 nitrogen and oxygen atoms in total. The fourth-order valence-corrected chi connectivity index (χ4v) is 3.61. The van der Waals surface area contributed by atoms with Crippen LogP contribution in [0.3, 0.4) is 0 Å². The van der Waals surface area contributed by atoms with Gasteiger partial charge in [0.05, 0.1) is 12.3 Å². The van der Waals surface area contributed by atoms with Crippen LogP contribution in [0.15, 0.2) is 22.8 Å². The average Bonchev–Trinajstić information content (AvgIpc) is 3.19. The van der Waals surface area contributed by atoms with Gasteiger partial charge in [-0.3, -0.25) is 0 Å². The van der Waals surface area contributed by atoms with Crippen molar-refractivity contribution in [1.82, 2.24) is 15.1 Å². The van der Waals surface area contributed by atoms with Gasteiger partial charge < -0.3 is 19.5 Å². The number of nitrogens with zero attached hydrogens (tertiary/aromatic N) is 2. The summed E-state index contributed by atoms with van der Waals surface area (Å²) < 4.78 is 5.37. The molecular formula is C17H27N3O2. The maximum atomic E-state index is 12.6. The maximum absolute atomic E-state index is 12.6. The lowest BCUT2D eigenvalue weighted by Crippen LogP contribution is -2.48. The largest absolute Gasteiger partial charge is 0.467 e. The van der Waals surface area contributed by atoms with Gasteiger partial charge in [-0.1, -0.05) is 6.42 Å². The van der Waals surface area contributed by atoms with Crippen LogP contribution in [0.4, 0.5) is 4.79 Å². The zero-order valence-electron chi connectivity index (χ0n) is 13.5. The average molecular weight is 305 g/mol. The van der Waals surface area contributed by atoms with E-state index in [1.807, 2.05) is 24.0 Å². The molecule has 0 saturated carbocycles. The standard InChI is InChI=1S/C17H27N3O2/c1-14(16-8-6-12-22-16)18-17(21)20-11-5-7-15(20)13-19-9-3-2-4-10-19/h6,8,12,14-15H,2-5,7,9-11,13H2,1H3,(H,18,21). The first kappa shape index (κ1) is 15.4. The summed E-state index contributed by atoms with van der Waals surface area (Å²) >= 11 is 0. The molecule has 2 unspecified atom stereocenters. The molecule has 1 N–H and O–H groups in total. The summed E-state index contributed by atoms with van der Waals surface area (Å²) in [4.78, 5) is 17.1. The molecule has 5 heteroatoms. The Morgan fingerprint density at radius 3 is 2.86 bits per heavy atom. The van der Waals surface area contributed by atoms with E-state index in [4.69, 9.17) is 4.42 Å². The van der Waals surface area contributed by atoms with Crippen LogP contribution in [0.2, 0.25) is 0 Å². The van der Waals surface area contributed by atoms with E-state index in [1.54, 1.807) is 6.26 Å². The molecule has 122 valence electrons.